The maximum absolute atomic E-state index is 13.2. The molecule has 6 rings (SSSR count). The number of rotatable bonds is 11. The molecule has 2 amide bonds. The average Bonchev–Trinajstić information content (AvgIpc) is 3.14. The lowest BCUT2D eigenvalue weighted by molar-refractivity contribution is -0.929. The van der Waals surface area contributed by atoms with E-state index in [1.54, 1.807) is 6.20 Å². The van der Waals surface area contributed by atoms with Gasteiger partial charge in [0.25, 0.3) is 5.91 Å². The van der Waals surface area contributed by atoms with Crippen LogP contribution in [0.2, 0.25) is 0 Å². The molecule has 0 radical (unpaired) electrons. The Morgan fingerprint density at radius 3 is 2.54 bits per heavy atom. The van der Waals surface area contributed by atoms with Crippen LogP contribution >= 0.6 is 0 Å². The van der Waals surface area contributed by atoms with Crippen molar-refractivity contribution in [1.82, 2.24) is 25.8 Å². The summed E-state index contributed by atoms with van der Waals surface area (Å²) < 4.78 is 6.31. The molecular weight excluding hydrogens is 628 g/mol. The van der Waals surface area contributed by atoms with E-state index < -0.39 is 6.09 Å². The fraction of sp³-hybridized carbons (Fsp3) is 0.359. The van der Waals surface area contributed by atoms with Crippen molar-refractivity contribution in [3.8, 4) is 0 Å². The number of amides is 2. The molecule has 5 N–H and O–H groups in total. The molecule has 3 heterocycles. The lowest BCUT2D eigenvalue weighted by Gasteiger charge is -2.41. The van der Waals surface area contributed by atoms with Gasteiger partial charge < -0.3 is 20.7 Å². The number of aryl methyl sites for hydroxylation is 1. The summed E-state index contributed by atoms with van der Waals surface area (Å²) in [5, 5.41) is 16.6. The Balaban J connectivity index is 0.949. The van der Waals surface area contributed by atoms with E-state index in [-0.39, 0.29) is 24.3 Å². The van der Waals surface area contributed by atoms with E-state index in [1.165, 1.54) is 5.56 Å². The van der Waals surface area contributed by atoms with Crippen molar-refractivity contribution < 1.29 is 18.8 Å². The van der Waals surface area contributed by atoms with Crippen molar-refractivity contribution in [3.63, 3.8) is 0 Å². The largest absolute Gasteiger partial charge is 0.411 e. The SMILES string of the molecule is Cc1ccc(NC(=O)c2ccc(CN3CC[N+](C)(COC(=O)N[C@@H](C)c4ccccc4)CC3)cc2)cc1NC1NCCC(c2cccnc2)N1. The first-order chi connectivity index (χ1) is 24.2. The highest BCUT2D eigenvalue weighted by Gasteiger charge is 2.30. The first kappa shape index (κ1) is 35.0. The number of hydrogen-bond acceptors (Lipinski definition) is 8. The van der Waals surface area contributed by atoms with Crippen LogP contribution in [0.5, 0.6) is 0 Å². The van der Waals surface area contributed by atoms with Crippen molar-refractivity contribution in [2.75, 3.05) is 57.1 Å². The van der Waals surface area contributed by atoms with E-state index in [1.807, 2.05) is 92.0 Å². The lowest BCUT2D eigenvalue weighted by Crippen LogP contribution is -2.58. The molecule has 2 unspecified atom stereocenters. The van der Waals surface area contributed by atoms with Gasteiger partial charge in [-0.15, -0.1) is 0 Å². The van der Waals surface area contributed by atoms with E-state index in [0.717, 1.165) is 73.8 Å². The molecule has 2 aliphatic heterocycles. The Morgan fingerprint density at radius 1 is 1.02 bits per heavy atom. The van der Waals surface area contributed by atoms with Crippen molar-refractivity contribution in [1.29, 1.82) is 0 Å². The van der Waals surface area contributed by atoms with Crippen molar-refractivity contribution in [3.05, 3.63) is 125 Å². The molecule has 2 aliphatic rings. The maximum Gasteiger partial charge on any atom is 0.411 e. The second-order valence-corrected chi connectivity index (χ2v) is 13.7. The topological polar surface area (TPSA) is 120 Å². The number of hydrogen-bond donors (Lipinski definition) is 5. The van der Waals surface area contributed by atoms with Gasteiger partial charge in [0.15, 0.2) is 0 Å². The van der Waals surface area contributed by atoms with Gasteiger partial charge in [0.2, 0.25) is 6.73 Å². The highest BCUT2D eigenvalue weighted by Crippen LogP contribution is 2.24. The van der Waals surface area contributed by atoms with Crippen molar-refractivity contribution >= 4 is 23.4 Å². The number of piperazine rings is 1. The molecule has 0 bridgehead atoms. The number of likely N-dealkylation sites (N-methyl/N-ethyl adjacent to an activating group) is 1. The molecule has 3 atom stereocenters. The third-order valence-corrected chi connectivity index (χ3v) is 9.71. The van der Waals surface area contributed by atoms with Gasteiger partial charge in [0, 0.05) is 61.6 Å². The Kier molecular flexibility index (Phi) is 11.4. The van der Waals surface area contributed by atoms with Gasteiger partial charge >= 0.3 is 6.09 Å². The summed E-state index contributed by atoms with van der Waals surface area (Å²) in [5.74, 6) is -0.148. The van der Waals surface area contributed by atoms with Gasteiger partial charge in [0.1, 0.15) is 6.29 Å². The van der Waals surface area contributed by atoms with E-state index >= 15 is 0 Å². The number of nitrogens with one attached hydrogen (secondary N) is 5. The van der Waals surface area contributed by atoms with Crippen molar-refractivity contribution in [2.24, 2.45) is 0 Å². The summed E-state index contributed by atoms with van der Waals surface area (Å²) >= 11 is 0. The third kappa shape index (κ3) is 9.45. The van der Waals surface area contributed by atoms with Crippen LogP contribution in [0.3, 0.4) is 0 Å². The van der Waals surface area contributed by atoms with Gasteiger partial charge in [-0.25, -0.2) is 4.79 Å². The van der Waals surface area contributed by atoms with Gasteiger partial charge in [-0.2, -0.15) is 0 Å². The standard InChI is InChI=1S/C39H48N8O3/c1-28-11-16-34(24-36(28)45-38-41-19-17-35(44-38)33-10-7-18-40-25-33)43-37(48)32-14-12-30(13-15-32)26-46-20-22-47(3,23-21-46)27-50-39(49)42-29(2)31-8-5-4-6-9-31/h4-16,18,24-25,29,35,38,41,44-45H,17,19-23,26-27H2,1-3H3,(H-,42,43,48,49)/p+1/t29-,35?,38?/m0/s1. The number of carbonyl (C=O) groups excluding carboxylic acids is 2. The summed E-state index contributed by atoms with van der Waals surface area (Å²) in [6, 6.07) is 27.8. The van der Waals surface area contributed by atoms with E-state index in [2.05, 4.69) is 56.5 Å². The first-order valence-corrected chi connectivity index (χ1v) is 17.4. The molecule has 2 saturated heterocycles. The number of nitrogens with zero attached hydrogens (tertiary/aromatic N) is 3. The molecule has 11 heteroatoms. The van der Waals surface area contributed by atoms with Gasteiger partial charge in [0.05, 0.1) is 26.2 Å². The fourth-order valence-corrected chi connectivity index (χ4v) is 6.42. The summed E-state index contributed by atoms with van der Waals surface area (Å²) in [4.78, 5) is 32.3. The predicted octanol–water partition coefficient (Wildman–Crippen LogP) is 5.37. The third-order valence-electron chi connectivity index (χ3n) is 9.71. The zero-order valence-corrected chi connectivity index (χ0v) is 29.2. The fourth-order valence-electron chi connectivity index (χ4n) is 6.42. The second kappa shape index (κ2) is 16.3. The number of alkyl carbamates (subject to hydrolysis) is 1. The van der Waals surface area contributed by atoms with Gasteiger partial charge in [-0.3, -0.25) is 29.8 Å². The minimum atomic E-state index is -0.392. The molecule has 4 aromatic rings. The number of anilines is 2. The zero-order chi connectivity index (χ0) is 34.9. The Hall–Kier alpha value is -4.81. The normalized spacial score (nSPS) is 19.6. The van der Waals surface area contributed by atoms with Crippen LogP contribution in [0.1, 0.15) is 58.0 Å². The van der Waals surface area contributed by atoms with Gasteiger partial charge in [-0.05, 0) is 72.9 Å². The highest BCUT2D eigenvalue weighted by atomic mass is 16.6. The van der Waals surface area contributed by atoms with Crippen LogP contribution in [0.4, 0.5) is 16.2 Å². The van der Waals surface area contributed by atoms with E-state index in [0.29, 0.717) is 16.8 Å². The predicted molar refractivity (Wildman–Crippen MR) is 196 cm³/mol. The zero-order valence-electron chi connectivity index (χ0n) is 29.2. The first-order valence-electron chi connectivity index (χ1n) is 17.4. The Morgan fingerprint density at radius 2 is 1.80 bits per heavy atom. The number of carbonyl (C=O) groups is 2. The molecular formula is C39H49N8O3+. The minimum absolute atomic E-state index is 0.115. The molecule has 50 heavy (non-hydrogen) atoms. The molecule has 3 aromatic carbocycles. The van der Waals surface area contributed by atoms with Crippen LogP contribution in [0, 0.1) is 6.92 Å². The van der Waals surface area contributed by atoms with Crippen LogP contribution in [-0.2, 0) is 11.3 Å². The second-order valence-electron chi connectivity index (χ2n) is 13.7. The van der Waals surface area contributed by atoms with E-state index in [4.69, 9.17) is 4.74 Å². The minimum Gasteiger partial charge on any atom is -0.399 e. The van der Waals surface area contributed by atoms with Crippen LogP contribution in [0.25, 0.3) is 0 Å². The quantitative estimate of drug-likeness (QED) is 0.135. The molecule has 11 nitrogen and oxygen atoms in total. The summed E-state index contributed by atoms with van der Waals surface area (Å²) in [6.45, 7) is 9.57. The number of quaternary nitrogens is 1. The van der Waals surface area contributed by atoms with Gasteiger partial charge in [-0.1, -0.05) is 54.6 Å². The lowest BCUT2D eigenvalue weighted by atomic mass is 10.0. The molecule has 2 fully saturated rings. The molecule has 262 valence electrons. The summed E-state index contributed by atoms with van der Waals surface area (Å²) in [6.07, 6.45) is 4.16. The molecule has 0 saturated carbocycles. The summed E-state index contributed by atoms with van der Waals surface area (Å²) in [7, 11) is 2.13. The number of pyridine rings is 1. The van der Waals surface area contributed by atoms with Crippen LogP contribution in [-0.4, -0.2) is 79.2 Å². The van der Waals surface area contributed by atoms with Crippen LogP contribution < -0.4 is 26.6 Å². The smallest absolute Gasteiger partial charge is 0.399 e. The average molecular weight is 678 g/mol. The highest BCUT2D eigenvalue weighted by molar-refractivity contribution is 6.04. The Bertz CT molecular complexity index is 1710. The molecule has 0 aliphatic carbocycles. The van der Waals surface area contributed by atoms with Crippen LogP contribution in [0.15, 0.2) is 97.3 Å². The molecule has 1 aromatic heterocycles. The number of aromatic nitrogens is 1. The van der Waals surface area contributed by atoms with E-state index in [9.17, 15) is 9.59 Å². The monoisotopic (exact) mass is 677 g/mol. The summed E-state index contributed by atoms with van der Waals surface area (Å²) in [5.41, 5.74) is 6.73. The Labute approximate surface area is 295 Å². The molecule has 0 spiro atoms. The van der Waals surface area contributed by atoms with Crippen molar-refractivity contribution in [2.45, 2.75) is 45.2 Å². The number of ether oxygens (including phenoxy) is 1. The number of benzene rings is 3. The maximum atomic E-state index is 13.2.